The smallest absolute Gasteiger partial charge is 0.193 e. The van der Waals surface area contributed by atoms with E-state index in [1.807, 2.05) is 48.5 Å². The quantitative estimate of drug-likeness (QED) is 0.298. The molecule has 0 atom stereocenters. The summed E-state index contributed by atoms with van der Waals surface area (Å²) in [6.45, 7) is 0. The molecule has 0 bridgehead atoms. The lowest BCUT2D eigenvalue weighted by Gasteiger charge is -2.06. The van der Waals surface area contributed by atoms with Crippen molar-refractivity contribution >= 4 is 34.8 Å². The lowest BCUT2D eigenvalue weighted by atomic mass is 9.97. The second kappa shape index (κ2) is 9.30. The molecule has 0 spiro atoms. The van der Waals surface area contributed by atoms with E-state index in [0.717, 1.165) is 11.1 Å². The van der Waals surface area contributed by atoms with Crippen LogP contribution in [0.1, 0.15) is 43.0 Å². The normalized spacial score (nSPS) is 10.6. The molecule has 4 aromatic carbocycles. The average Bonchev–Trinajstić information content (AvgIpc) is 2.80. The Morgan fingerprint density at radius 3 is 1.00 bits per heavy atom. The van der Waals surface area contributed by atoms with Gasteiger partial charge < -0.3 is 0 Å². The van der Waals surface area contributed by atoms with E-state index < -0.39 is 0 Å². The second-order valence-electron chi connectivity index (χ2n) is 7.24. The molecule has 0 saturated heterocycles. The van der Waals surface area contributed by atoms with Crippen molar-refractivity contribution in [1.29, 1.82) is 0 Å². The van der Waals surface area contributed by atoms with E-state index in [1.54, 1.807) is 48.5 Å². The standard InChI is InChI=1S/C27H18Cl2O2/c28-24-13-9-22(10-14-24)26(30)20-5-1-18(2-6-20)17-19-3-7-21(8-4-19)27(31)23-11-15-25(29)16-12-23/h1-16H,17H2. The maximum atomic E-state index is 12.6. The Labute approximate surface area is 191 Å². The van der Waals surface area contributed by atoms with Crippen molar-refractivity contribution in [2.45, 2.75) is 6.42 Å². The minimum atomic E-state index is -0.0340. The summed E-state index contributed by atoms with van der Waals surface area (Å²) < 4.78 is 0. The summed E-state index contributed by atoms with van der Waals surface area (Å²) in [6, 6.07) is 28.9. The molecule has 0 aliphatic rings. The first-order valence-corrected chi connectivity index (χ1v) is 10.5. The topological polar surface area (TPSA) is 34.1 Å². The Balaban J connectivity index is 1.43. The summed E-state index contributed by atoms with van der Waals surface area (Å²) >= 11 is 11.8. The zero-order valence-electron chi connectivity index (χ0n) is 16.5. The molecule has 4 aromatic rings. The Morgan fingerprint density at radius 1 is 0.452 bits per heavy atom. The first-order valence-electron chi connectivity index (χ1n) is 9.78. The van der Waals surface area contributed by atoms with E-state index in [2.05, 4.69) is 0 Å². The van der Waals surface area contributed by atoms with Crippen LogP contribution in [0.2, 0.25) is 10.0 Å². The summed E-state index contributed by atoms with van der Waals surface area (Å²) in [5, 5.41) is 1.21. The van der Waals surface area contributed by atoms with Crippen molar-refractivity contribution in [2.75, 3.05) is 0 Å². The van der Waals surface area contributed by atoms with Gasteiger partial charge in [-0.1, -0.05) is 71.7 Å². The third-order valence-electron chi connectivity index (χ3n) is 5.05. The summed E-state index contributed by atoms with van der Waals surface area (Å²) in [7, 11) is 0. The maximum Gasteiger partial charge on any atom is 0.193 e. The van der Waals surface area contributed by atoms with E-state index in [-0.39, 0.29) is 11.6 Å². The van der Waals surface area contributed by atoms with Crippen molar-refractivity contribution in [1.82, 2.24) is 0 Å². The van der Waals surface area contributed by atoms with Crippen molar-refractivity contribution in [3.8, 4) is 0 Å². The Morgan fingerprint density at radius 2 is 0.710 bits per heavy atom. The van der Waals surface area contributed by atoms with Gasteiger partial charge >= 0.3 is 0 Å². The summed E-state index contributed by atoms with van der Waals surface area (Å²) in [6.07, 6.45) is 0.713. The van der Waals surface area contributed by atoms with Crippen LogP contribution in [-0.4, -0.2) is 11.6 Å². The number of rotatable bonds is 6. The average molecular weight is 445 g/mol. The molecule has 152 valence electrons. The molecule has 0 aliphatic heterocycles. The molecule has 0 radical (unpaired) electrons. The van der Waals surface area contributed by atoms with Crippen molar-refractivity contribution in [3.63, 3.8) is 0 Å². The number of hydrogen-bond donors (Lipinski definition) is 0. The summed E-state index contributed by atoms with van der Waals surface area (Å²) in [4.78, 5) is 25.2. The SMILES string of the molecule is O=C(c1ccc(Cl)cc1)c1ccc(Cc2ccc(C(=O)c3ccc(Cl)cc3)cc2)cc1. The molecule has 31 heavy (non-hydrogen) atoms. The van der Waals surface area contributed by atoms with Gasteiger partial charge in [0, 0.05) is 32.3 Å². The van der Waals surface area contributed by atoms with Gasteiger partial charge in [-0.15, -0.1) is 0 Å². The fraction of sp³-hybridized carbons (Fsp3) is 0.0370. The molecule has 2 nitrogen and oxygen atoms in total. The Bertz CT molecular complexity index is 1110. The van der Waals surface area contributed by atoms with Crippen LogP contribution >= 0.6 is 23.2 Å². The number of halogens is 2. The molecule has 4 rings (SSSR count). The van der Waals surface area contributed by atoms with Gasteiger partial charge in [0.1, 0.15) is 0 Å². The van der Waals surface area contributed by atoms with Gasteiger partial charge in [0.05, 0.1) is 0 Å². The van der Waals surface area contributed by atoms with Gasteiger partial charge in [0.15, 0.2) is 11.6 Å². The number of carbonyl (C=O) groups excluding carboxylic acids is 2. The molecule has 0 aliphatic carbocycles. The first-order chi connectivity index (χ1) is 15.0. The lowest BCUT2D eigenvalue weighted by molar-refractivity contribution is 0.103. The third-order valence-corrected chi connectivity index (χ3v) is 5.56. The molecular formula is C27H18Cl2O2. The van der Waals surface area contributed by atoms with E-state index >= 15 is 0 Å². The molecule has 0 saturated carbocycles. The molecule has 0 aromatic heterocycles. The zero-order chi connectivity index (χ0) is 21.8. The van der Waals surface area contributed by atoms with Gasteiger partial charge in [0.25, 0.3) is 0 Å². The van der Waals surface area contributed by atoms with Crippen LogP contribution in [0.3, 0.4) is 0 Å². The second-order valence-corrected chi connectivity index (χ2v) is 8.12. The van der Waals surface area contributed by atoms with Crippen LogP contribution in [-0.2, 0) is 6.42 Å². The van der Waals surface area contributed by atoms with Crippen LogP contribution in [0.15, 0.2) is 97.1 Å². The van der Waals surface area contributed by atoms with Crippen molar-refractivity contribution in [2.24, 2.45) is 0 Å². The van der Waals surface area contributed by atoms with E-state index in [1.165, 1.54) is 0 Å². The number of carbonyl (C=O) groups is 2. The molecular weight excluding hydrogens is 427 g/mol. The Hall–Kier alpha value is -3.20. The minimum absolute atomic E-state index is 0.0340. The Kier molecular flexibility index (Phi) is 6.31. The van der Waals surface area contributed by atoms with Crippen LogP contribution in [0.4, 0.5) is 0 Å². The number of hydrogen-bond acceptors (Lipinski definition) is 2. The predicted octanol–water partition coefficient (Wildman–Crippen LogP) is 7.05. The lowest BCUT2D eigenvalue weighted by Crippen LogP contribution is -2.02. The van der Waals surface area contributed by atoms with Gasteiger partial charge in [-0.3, -0.25) is 9.59 Å². The fourth-order valence-corrected chi connectivity index (χ4v) is 3.57. The highest BCUT2D eigenvalue weighted by Gasteiger charge is 2.10. The number of benzene rings is 4. The van der Waals surface area contributed by atoms with Gasteiger partial charge in [-0.2, -0.15) is 0 Å². The highest BCUT2D eigenvalue weighted by atomic mass is 35.5. The van der Waals surface area contributed by atoms with Gasteiger partial charge in [-0.05, 0) is 66.1 Å². The van der Waals surface area contributed by atoms with Crippen LogP contribution in [0.25, 0.3) is 0 Å². The van der Waals surface area contributed by atoms with E-state index in [9.17, 15) is 9.59 Å². The van der Waals surface area contributed by atoms with Crippen LogP contribution in [0, 0.1) is 0 Å². The third kappa shape index (κ3) is 5.11. The van der Waals surface area contributed by atoms with Crippen molar-refractivity contribution in [3.05, 3.63) is 140 Å². The summed E-state index contributed by atoms with van der Waals surface area (Å²) in [5.41, 5.74) is 4.66. The first kappa shape index (κ1) is 21.0. The van der Waals surface area contributed by atoms with Crippen LogP contribution < -0.4 is 0 Å². The molecule has 0 fully saturated rings. The number of ketones is 2. The highest BCUT2D eigenvalue weighted by Crippen LogP contribution is 2.18. The largest absolute Gasteiger partial charge is 0.289 e. The predicted molar refractivity (Wildman–Crippen MR) is 125 cm³/mol. The fourth-order valence-electron chi connectivity index (χ4n) is 3.32. The molecule has 4 heteroatoms. The van der Waals surface area contributed by atoms with Gasteiger partial charge in [0.2, 0.25) is 0 Å². The monoisotopic (exact) mass is 444 g/mol. The van der Waals surface area contributed by atoms with Gasteiger partial charge in [-0.25, -0.2) is 0 Å². The van der Waals surface area contributed by atoms with E-state index in [0.29, 0.717) is 38.7 Å². The zero-order valence-corrected chi connectivity index (χ0v) is 18.0. The van der Waals surface area contributed by atoms with Crippen LogP contribution in [0.5, 0.6) is 0 Å². The minimum Gasteiger partial charge on any atom is -0.289 e. The highest BCUT2D eigenvalue weighted by molar-refractivity contribution is 6.31. The van der Waals surface area contributed by atoms with Crippen molar-refractivity contribution < 1.29 is 9.59 Å². The summed E-state index contributed by atoms with van der Waals surface area (Å²) in [5.74, 6) is -0.0680. The van der Waals surface area contributed by atoms with E-state index in [4.69, 9.17) is 23.2 Å². The molecule has 0 unspecified atom stereocenters. The maximum absolute atomic E-state index is 12.6. The molecule has 0 amide bonds. The molecule has 0 heterocycles. The molecule has 0 N–H and O–H groups in total.